The zero-order valence-corrected chi connectivity index (χ0v) is 11.4. The van der Waals surface area contributed by atoms with Crippen molar-refractivity contribution < 1.29 is 18.3 Å². The van der Waals surface area contributed by atoms with Crippen molar-refractivity contribution in [2.75, 3.05) is 26.8 Å². The van der Waals surface area contributed by atoms with E-state index in [1.54, 1.807) is 0 Å². The first-order valence-corrected chi connectivity index (χ1v) is 7.25. The quantitative estimate of drug-likeness (QED) is 0.897. The molecular formula is C11H14ClNO4S. The predicted octanol–water partition coefficient (Wildman–Crippen LogP) is 0.961. The number of hydrogen-bond acceptors (Lipinski definition) is 4. The molecule has 1 fully saturated rings. The van der Waals surface area contributed by atoms with E-state index in [4.69, 9.17) is 21.4 Å². The van der Waals surface area contributed by atoms with Crippen LogP contribution in [0.4, 0.5) is 0 Å². The number of rotatable bonds is 4. The van der Waals surface area contributed by atoms with Crippen LogP contribution in [-0.4, -0.2) is 44.6 Å². The zero-order chi connectivity index (χ0) is 13.3. The summed E-state index contributed by atoms with van der Waals surface area (Å²) in [6.07, 6.45) is 0. The maximum atomic E-state index is 12.2. The number of ether oxygens (including phenoxy) is 1. The standard InChI is InChI=1S/C11H14ClNO4S/c1-17-11-3-2-9(4-10(11)12)18(15,16)13-5-8(6-13)7-14/h2-4,8,14H,5-7H2,1H3. The molecule has 1 aliphatic rings. The topological polar surface area (TPSA) is 66.8 Å². The van der Waals surface area contributed by atoms with Gasteiger partial charge in [-0.05, 0) is 18.2 Å². The summed E-state index contributed by atoms with van der Waals surface area (Å²) in [6, 6.07) is 4.37. The second-order valence-electron chi connectivity index (χ2n) is 4.17. The molecule has 1 aromatic carbocycles. The van der Waals surface area contributed by atoms with Crippen LogP contribution in [0.3, 0.4) is 0 Å². The SMILES string of the molecule is COc1ccc(S(=O)(=O)N2CC(CO)C2)cc1Cl. The average molecular weight is 292 g/mol. The smallest absolute Gasteiger partial charge is 0.243 e. The minimum atomic E-state index is -3.51. The molecule has 0 aliphatic carbocycles. The highest BCUT2D eigenvalue weighted by atomic mass is 35.5. The predicted molar refractivity (Wildman–Crippen MR) is 67.3 cm³/mol. The van der Waals surface area contributed by atoms with Gasteiger partial charge >= 0.3 is 0 Å². The summed E-state index contributed by atoms with van der Waals surface area (Å²) in [7, 11) is -2.04. The molecule has 100 valence electrons. The van der Waals surface area contributed by atoms with Gasteiger partial charge in [0.15, 0.2) is 0 Å². The number of hydrogen-bond donors (Lipinski definition) is 1. The highest BCUT2D eigenvalue weighted by Crippen LogP contribution is 2.30. The third-order valence-corrected chi connectivity index (χ3v) is 5.07. The van der Waals surface area contributed by atoms with E-state index in [1.807, 2.05) is 0 Å². The first-order valence-electron chi connectivity index (χ1n) is 5.43. The molecule has 1 heterocycles. The number of nitrogens with zero attached hydrogens (tertiary/aromatic N) is 1. The molecule has 0 aromatic heterocycles. The second-order valence-corrected chi connectivity index (χ2v) is 6.51. The monoisotopic (exact) mass is 291 g/mol. The third-order valence-electron chi connectivity index (χ3n) is 2.94. The Labute approximate surface area is 111 Å². The molecule has 18 heavy (non-hydrogen) atoms. The van der Waals surface area contributed by atoms with Gasteiger partial charge in [-0.25, -0.2) is 8.42 Å². The van der Waals surface area contributed by atoms with Crippen LogP contribution < -0.4 is 4.74 Å². The number of methoxy groups -OCH3 is 1. The van der Waals surface area contributed by atoms with Gasteiger partial charge in [-0.15, -0.1) is 0 Å². The van der Waals surface area contributed by atoms with Crippen molar-refractivity contribution in [3.05, 3.63) is 23.2 Å². The Hall–Kier alpha value is -0.820. The van der Waals surface area contributed by atoms with Gasteiger partial charge in [0.25, 0.3) is 0 Å². The summed E-state index contributed by atoms with van der Waals surface area (Å²) in [4.78, 5) is 0.143. The average Bonchev–Trinajstić information content (AvgIpc) is 2.27. The lowest BCUT2D eigenvalue weighted by Gasteiger charge is -2.36. The van der Waals surface area contributed by atoms with E-state index < -0.39 is 10.0 Å². The summed E-state index contributed by atoms with van der Waals surface area (Å²) in [5.74, 6) is 0.473. The van der Waals surface area contributed by atoms with Crippen molar-refractivity contribution in [2.45, 2.75) is 4.90 Å². The number of aliphatic hydroxyl groups is 1. The molecule has 7 heteroatoms. The van der Waals surface area contributed by atoms with Gasteiger partial charge in [0.2, 0.25) is 10.0 Å². The van der Waals surface area contributed by atoms with Crippen LogP contribution >= 0.6 is 11.6 Å². The molecule has 2 rings (SSSR count). The molecule has 1 aromatic rings. The van der Waals surface area contributed by atoms with Crippen molar-refractivity contribution in [1.29, 1.82) is 0 Å². The maximum absolute atomic E-state index is 12.2. The summed E-state index contributed by atoms with van der Waals surface area (Å²) in [6.45, 7) is 0.709. The van der Waals surface area contributed by atoms with Gasteiger partial charge < -0.3 is 9.84 Å². The van der Waals surface area contributed by atoms with E-state index in [0.717, 1.165) is 0 Å². The fourth-order valence-electron chi connectivity index (χ4n) is 1.79. The van der Waals surface area contributed by atoms with Gasteiger partial charge in [-0.3, -0.25) is 0 Å². The van der Waals surface area contributed by atoms with Crippen molar-refractivity contribution in [2.24, 2.45) is 5.92 Å². The van der Waals surface area contributed by atoms with E-state index in [1.165, 1.54) is 29.6 Å². The van der Waals surface area contributed by atoms with Crippen LogP contribution in [0.2, 0.25) is 5.02 Å². The summed E-state index contributed by atoms with van der Waals surface area (Å²) < 4.78 is 30.6. The molecule has 0 atom stereocenters. The molecule has 0 radical (unpaired) electrons. The molecule has 0 unspecified atom stereocenters. The zero-order valence-electron chi connectivity index (χ0n) is 9.84. The van der Waals surface area contributed by atoms with Crippen LogP contribution in [0.15, 0.2) is 23.1 Å². The fourth-order valence-corrected chi connectivity index (χ4v) is 3.73. The van der Waals surface area contributed by atoms with Gasteiger partial charge in [0.05, 0.1) is 17.0 Å². The largest absolute Gasteiger partial charge is 0.495 e. The maximum Gasteiger partial charge on any atom is 0.243 e. The van der Waals surface area contributed by atoms with E-state index in [-0.39, 0.29) is 22.4 Å². The van der Waals surface area contributed by atoms with Gasteiger partial charge in [-0.2, -0.15) is 4.31 Å². The lowest BCUT2D eigenvalue weighted by molar-refractivity contribution is 0.117. The Bertz CT molecular complexity index is 540. The minimum absolute atomic E-state index is 0.00931. The number of aliphatic hydroxyl groups excluding tert-OH is 1. The van der Waals surface area contributed by atoms with Crippen LogP contribution in [-0.2, 0) is 10.0 Å². The van der Waals surface area contributed by atoms with Crippen molar-refractivity contribution in [1.82, 2.24) is 4.31 Å². The van der Waals surface area contributed by atoms with E-state index >= 15 is 0 Å². The Kier molecular flexibility index (Phi) is 3.82. The molecule has 0 bridgehead atoms. The fraction of sp³-hybridized carbons (Fsp3) is 0.455. The Balaban J connectivity index is 2.23. The van der Waals surface area contributed by atoms with Gasteiger partial charge in [-0.1, -0.05) is 11.6 Å². The molecule has 5 nitrogen and oxygen atoms in total. The first kappa shape index (κ1) is 13.6. The minimum Gasteiger partial charge on any atom is -0.495 e. The van der Waals surface area contributed by atoms with Crippen LogP contribution in [0.5, 0.6) is 5.75 Å². The first-order chi connectivity index (χ1) is 8.48. The summed E-state index contributed by atoms with van der Waals surface area (Å²) in [5.41, 5.74) is 0. The molecule has 0 saturated carbocycles. The van der Waals surface area contributed by atoms with Crippen LogP contribution in [0.25, 0.3) is 0 Å². The highest BCUT2D eigenvalue weighted by Gasteiger charge is 2.36. The molecule has 1 aliphatic heterocycles. The van der Waals surface area contributed by atoms with E-state index in [0.29, 0.717) is 18.8 Å². The highest BCUT2D eigenvalue weighted by molar-refractivity contribution is 7.89. The molecular weight excluding hydrogens is 278 g/mol. The van der Waals surface area contributed by atoms with Crippen LogP contribution in [0, 0.1) is 5.92 Å². The summed E-state index contributed by atoms with van der Waals surface area (Å²) >= 11 is 5.91. The van der Waals surface area contributed by atoms with Gasteiger partial charge in [0, 0.05) is 25.6 Å². The number of halogens is 1. The lowest BCUT2D eigenvalue weighted by atomic mass is 10.1. The molecule has 1 saturated heterocycles. The van der Waals surface area contributed by atoms with Crippen molar-refractivity contribution in [3.63, 3.8) is 0 Å². The van der Waals surface area contributed by atoms with Crippen molar-refractivity contribution >= 4 is 21.6 Å². The second kappa shape index (κ2) is 5.05. The Morgan fingerprint density at radius 1 is 1.50 bits per heavy atom. The Morgan fingerprint density at radius 2 is 2.17 bits per heavy atom. The molecule has 1 N–H and O–H groups in total. The van der Waals surface area contributed by atoms with E-state index in [2.05, 4.69) is 0 Å². The molecule has 0 amide bonds. The van der Waals surface area contributed by atoms with Crippen molar-refractivity contribution in [3.8, 4) is 5.75 Å². The van der Waals surface area contributed by atoms with E-state index in [9.17, 15) is 8.42 Å². The summed E-state index contributed by atoms with van der Waals surface area (Å²) in [5, 5.41) is 9.16. The lowest BCUT2D eigenvalue weighted by Crippen LogP contribution is -2.51. The molecule has 0 spiro atoms. The third kappa shape index (κ3) is 2.33. The van der Waals surface area contributed by atoms with Crippen LogP contribution in [0.1, 0.15) is 0 Å². The number of benzene rings is 1. The Morgan fingerprint density at radius 3 is 2.67 bits per heavy atom. The number of sulfonamides is 1. The normalized spacial score (nSPS) is 17.5. The van der Waals surface area contributed by atoms with Gasteiger partial charge in [0.1, 0.15) is 5.75 Å².